The highest BCUT2D eigenvalue weighted by Gasteiger charge is 2.28. The van der Waals surface area contributed by atoms with Crippen LogP contribution in [0, 0.1) is 5.92 Å². The van der Waals surface area contributed by atoms with E-state index in [1.165, 1.54) is 30.4 Å². The van der Waals surface area contributed by atoms with Crippen molar-refractivity contribution >= 4 is 34.2 Å². The molecule has 1 saturated heterocycles. The third-order valence-electron chi connectivity index (χ3n) is 7.80. The molecule has 5 heteroatoms. The highest BCUT2D eigenvalue weighted by Crippen LogP contribution is 2.38. The number of piperidine rings is 1. The van der Waals surface area contributed by atoms with Crippen molar-refractivity contribution in [2.24, 2.45) is 5.92 Å². The van der Waals surface area contributed by atoms with Gasteiger partial charge in [-0.2, -0.15) is 0 Å². The van der Waals surface area contributed by atoms with Gasteiger partial charge in [-0.1, -0.05) is 72.8 Å². The Labute approximate surface area is 230 Å². The van der Waals surface area contributed by atoms with Crippen LogP contribution in [-0.2, 0) is 17.8 Å². The van der Waals surface area contributed by atoms with Gasteiger partial charge < -0.3 is 16.4 Å². The lowest BCUT2D eigenvalue weighted by Gasteiger charge is -2.32. The summed E-state index contributed by atoms with van der Waals surface area (Å²) in [4.78, 5) is 15.7. The highest BCUT2D eigenvalue weighted by molar-refractivity contribution is 6.37. The van der Waals surface area contributed by atoms with E-state index >= 15 is 0 Å². The smallest absolute Gasteiger partial charge is 0.258 e. The number of hydrogen-bond donors (Lipinski definition) is 3. The molecular formula is C34H34N4O. The number of carbonyl (C=O) groups is 1. The van der Waals surface area contributed by atoms with Gasteiger partial charge in [0.2, 0.25) is 0 Å². The van der Waals surface area contributed by atoms with Gasteiger partial charge in [0.25, 0.3) is 5.91 Å². The molecule has 1 fully saturated rings. The lowest BCUT2D eigenvalue weighted by Crippen LogP contribution is -2.33. The number of amides is 1. The fraction of sp³-hybridized carbons (Fsp3) is 0.206. The van der Waals surface area contributed by atoms with Crippen molar-refractivity contribution in [2.45, 2.75) is 25.8 Å². The van der Waals surface area contributed by atoms with E-state index in [0.717, 1.165) is 53.8 Å². The Morgan fingerprint density at radius 2 is 1.54 bits per heavy atom. The fourth-order valence-electron chi connectivity index (χ4n) is 5.71. The largest absolute Gasteiger partial charge is 0.399 e. The van der Waals surface area contributed by atoms with Crippen molar-refractivity contribution in [1.29, 1.82) is 0 Å². The summed E-state index contributed by atoms with van der Waals surface area (Å²) in [5, 5.41) is 6.54. The van der Waals surface area contributed by atoms with E-state index in [1.54, 1.807) is 0 Å². The van der Waals surface area contributed by atoms with Gasteiger partial charge in [-0.3, -0.25) is 9.69 Å². The third-order valence-corrected chi connectivity index (χ3v) is 7.80. The minimum Gasteiger partial charge on any atom is -0.399 e. The maximum atomic E-state index is 13.1. The van der Waals surface area contributed by atoms with Crippen molar-refractivity contribution in [1.82, 2.24) is 4.90 Å². The molecule has 0 bridgehead atoms. The highest BCUT2D eigenvalue weighted by atomic mass is 16.2. The lowest BCUT2D eigenvalue weighted by atomic mass is 9.90. The summed E-state index contributed by atoms with van der Waals surface area (Å²) in [7, 11) is 0. The minimum atomic E-state index is -0.130. The number of nitrogens with two attached hydrogens (primary N) is 1. The van der Waals surface area contributed by atoms with Gasteiger partial charge in [0, 0.05) is 29.2 Å². The molecule has 0 saturated carbocycles. The monoisotopic (exact) mass is 514 g/mol. The summed E-state index contributed by atoms with van der Waals surface area (Å²) >= 11 is 0. The summed E-state index contributed by atoms with van der Waals surface area (Å²) in [6, 6.07) is 34.9. The molecule has 2 aliphatic rings. The van der Waals surface area contributed by atoms with Gasteiger partial charge in [-0.15, -0.1) is 0 Å². The standard InChI is InChI=1S/C34H34N4O/c35-28-13-16-31-30(22-28)32(34(39)37-31)33(27-9-5-2-6-10-27)36-29-14-11-26(12-15-29)23-38-19-17-25(18-20-38)21-24-7-3-1-4-8-24/h1-16,22,25,36H,17-21,23,35H2,(H,37,39)/b33-32-. The molecule has 0 unspecified atom stereocenters. The van der Waals surface area contributed by atoms with Gasteiger partial charge in [0.15, 0.2) is 0 Å². The first-order valence-corrected chi connectivity index (χ1v) is 13.8. The summed E-state index contributed by atoms with van der Waals surface area (Å²) in [5.74, 6) is 0.641. The topological polar surface area (TPSA) is 70.4 Å². The summed E-state index contributed by atoms with van der Waals surface area (Å²) in [6.07, 6.45) is 3.68. The van der Waals surface area contributed by atoms with Crippen LogP contribution in [0.3, 0.4) is 0 Å². The first-order chi connectivity index (χ1) is 19.1. The van der Waals surface area contributed by atoms with Crippen molar-refractivity contribution in [3.8, 4) is 0 Å². The zero-order valence-corrected chi connectivity index (χ0v) is 22.1. The molecule has 196 valence electrons. The number of hydrogen-bond acceptors (Lipinski definition) is 4. The first-order valence-electron chi connectivity index (χ1n) is 13.8. The second kappa shape index (κ2) is 11.2. The molecule has 0 aromatic heterocycles. The Hall–Kier alpha value is -4.35. The van der Waals surface area contributed by atoms with E-state index in [9.17, 15) is 4.79 Å². The number of nitrogen functional groups attached to an aromatic ring is 1. The number of rotatable bonds is 7. The van der Waals surface area contributed by atoms with Crippen LogP contribution in [-0.4, -0.2) is 23.9 Å². The molecule has 0 spiro atoms. The van der Waals surface area contributed by atoms with Crippen LogP contribution in [0.2, 0.25) is 0 Å². The molecule has 2 aliphatic heterocycles. The third kappa shape index (κ3) is 5.74. The average molecular weight is 515 g/mol. The molecule has 0 atom stereocenters. The predicted molar refractivity (Wildman–Crippen MR) is 161 cm³/mol. The zero-order valence-electron chi connectivity index (χ0n) is 22.1. The zero-order chi connectivity index (χ0) is 26.6. The molecule has 6 rings (SSSR count). The number of nitrogens with one attached hydrogen (secondary N) is 2. The molecular weight excluding hydrogens is 480 g/mol. The van der Waals surface area contributed by atoms with Gasteiger partial charge >= 0.3 is 0 Å². The van der Waals surface area contributed by atoms with Gasteiger partial charge in [0.1, 0.15) is 0 Å². The Bertz CT molecular complexity index is 1470. The predicted octanol–water partition coefficient (Wildman–Crippen LogP) is 6.66. The molecule has 2 heterocycles. The molecule has 5 nitrogen and oxygen atoms in total. The van der Waals surface area contributed by atoms with E-state index in [4.69, 9.17) is 5.73 Å². The van der Waals surface area contributed by atoms with Crippen LogP contribution in [0.5, 0.6) is 0 Å². The lowest BCUT2D eigenvalue weighted by molar-refractivity contribution is -0.110. The molecule has 0 radical (unpaired) electrons. The Balaban J connectivity index is 1.16. The summed E-state index contributed by atoms with van der Waals surface area (Å²) in [6.45, 7) is 3.23. The van der Waals surface area contributed by atoms with Crippen molar-refractivity contribution in [3.05, 3.63) is 125 Å². The van der Waals surface area contributed by atoms with Gasteiger partial charge in [-0.05, 0) is 85.3 Å². The van der Waals surface area contributed by atoms with Crippen molar-refractivity contribution in [3.63, 3.8) is 0 Å². The van der Waals surface area contributed by atoms with E-state index < -0.39 is 0 Å². The van der Waals surface area contributed by atoms with E-state index in [2.05, 4.69) is 70.1 Å². The summed E-state index contributed by atoms with van der Waals surface area (Å²) < 4.78 is 0. The second-order valence-electron chi connectivity index (χ2n) is 10.6. The molecule has 39 heavy (non-hydrogen) atoms. The minimum absolute atomic E-state index is 0.130. The number of carbonyl (C=O) groups excluding carboxylic acids is 1. The van der Waals surface area contributed by atoms with Crippen LogP contribution in [0.15, 0.2) is 103 Å². The molecule has 4 aromatic carbocycles. The van der Waals surface area contributed by atoms with Crippen molar-refractivity contribution in [2.75, 3.05) is 29.5 Å². The van der Waals surface area contributed by atoms with Crippen LogP contribution in [0.25, 0.3) is 11.3 Å². The molecule has 4 aromatic rings. The number of likely N-dealkylation sites (tertiary alicyclic amines) is 1. The maximum absolute atomic E-state index is 13.1. The second-order valence-corrected chi connectivity index (χ2v) is 10.6. The van der Waals surface area contributed by atoms with E-state index in [0.29, 0.717) is 11.3 Å². The van der Waals surface area contributed by atoms with Gasteiger partial charge in [0.05, 0.1) is 11.3 Å². The van der Waals surface area contributed by atoms with Crippen LogP contribution < -0.4 is 16.4 Å². The number of nitrogens with zero attached hydrogens (tertiary/aromatic N) is 1. The number of benzene rings is 4. The number of fused-ring (bicyclic) bond motifs is 1. The van der Waals surface area contributed by atoms with Gasteiger partial charge in [-0.25, -0.2) is 0 Å². The van der Waals surface area contributed by atoms with Crippen LogP contribution >= 0.6 is 0 Å². The maximum Gasteiger partial charge on any atom is 0.258 e. The first kappa shape index (κ1) is 25.0. The Morgan fingerprint density at radius 3 is 2.26 bits per heavy atom. The van der Waals surface area contributed by atoms with Crippen molar-refractivity contribution < 1.29 is 4.79 Å². The molecule has 0 aliphatic carbocycles. The SMILES string of the molecule is Nc1ccc2c(c1)/C(=C(/Nc1ccc(CN3CCC(Cc4ccccc4)CC3)cc1)c1ccccc1)C(=O)N2. The number of anilines is 3. The average Bonchev–Trinajstić information content (AvgIpc) is 3.29. The van der Waals surface area contributed by atoms with E-state index in [1.807, 2.05) is 48.5 Å². The fourth-order valence-corrected chi connectivity index (χ4v) is 5.71. The van der Waals surface area contributed by atoms with Crippen LogP contribution in [0.4, 0.5) is 17.1 Å². The molecule has 4 N–H and O–H groups in total. The quantitative estimate of drug-likeness (QED) is 0.191. The summed E-state index contributed by atoms with van der Waals surface area (Å²) in [5.41, 5.74) is 14.3. The molecule has 1 amide bonds. The Kier molecular flexibility index (Phi) is 7.15. The van der Waals surface area contributed by atoms with E-state index in [-0.39, 0.29) is 5.91 Å². The van der Waals surface area contributed by atoms with Crippen LogP contribution in [0.1, 0.15) is 35.1 Å². The Morgan fingerprint density at radius 1 is 0.846 bits per heavy atom. The normalized spacial score (nSPS) is 17.0.